The number of benzene rings is 1. The van der Waals surface area contributed by atoms with Crippen LogP contribution in [0.2, 0.25) is 5.02 Å². The predicted octanol–water partition coefficient (Wildman–Crippen LogP) is 3.52. The van der Waals surface area contributed by atoms with Gasteiger partial charge in [-0.1, -0.05) is 37.6 Å². The minimum absolute atomic E-state index is 0.0371. The largest absolute Gasteiger partial charge is 0.477 e. The van der Waals surface area contributed by atoms with Gasteiger partial charge in [0.15, 0.2) is 5.69 Å². The highest BCUT2D eigenvalue weighted by molar-refractivity contribution is 6.30. The van der Waals surface area contributed by atoms with Gasteiger partial charge in [-0.25, -0.2) is 14.8 Å². The minimum Gasteiger partial charge on any atom is -0.477 e. The highest BCUT2D eigenvalue weighted by atomic mass is 35.5. The molecule has 2 rings (SSSR count). The molecule has 0 amide bonds. The van der Waals surface area contributed by atoms with Crippen molar-refractivity contribution < 1.29 is 9.90 Å². The molecule has 0 unspecified atom stereocenters. The Bertz CT molecular complexity index is 544. The third-order valence-corrected chi connectivity index (χ3v) is 2.24. The number of carboxylic acids is 1. The van der Waals surface area contributed by atoms with Crippen LogP contribution in [-0.2, 0) is 0 Å². The van der Waals surface area contributed by atoms with Gasteiger partial charge in [-0.3, -0.25) is 0 Å². The first kappa shape index (κ1) is 14.1. The van der Waals surface area contributed by atoms with E-state index in [4.69, 9.17) is 16.7 Å². The summed E-state index contributed by atoms with van der Waals surface area (Å²) in [5.74, 6) is -1.08. The lowest BCUT2D eigenvalue weighted by Gasteiger charge is -2.01. The molecule has 1 heterocycles. The second-order valence-corrected chi connectivity index (χ2v) is 3.54. The Hall–Kier alpha value is -1.94. The van der Waals surface area contributed by atoms with Crippen molar-refractivity contribution in [3.05, 3.63) is 47.4 Å². The van der Waals surface area contributed by atoms with E-state index in [-0.39, 0.29) is 5.69 Å². The molecule has 0 aliphatic carbocycles. The SMILES string of the molecule is CC.O=C(O)c1cc(-c2cccc(Cl)c2)ncn1. The maximum absolute atomic E-state index is 10.7. The van der Waals surface area contributed by atoms with Crippen LogP contribution in [-0.4, -0.2) is 21.0 Å². The highest BCUT2D eigenvalue weighted by Gasteiger charge is 2.07. The van der Waals surface area contributed by atoms with Crippen LogP contribution in [0.15, 0.2) is 36.7 Å². The van der Waals surface area contributed by atoms with Gasteiger partial charge < -0.3 is 5.11 Å². The molecule has 1 aromatic heterocycles. The number of hydrogen-bond acceptors (Lipinski definition) is 3. The Balaban J connectivity index is 0.000000771. The number of carboxylic acid groups (broad SMARTS) is 1. The van der Waals surface area contributed by atoms with E-state index in [0.29, 0.717) is 10.7 Å². The van der Waals surface area contributed by atoms with Gasteiger partial charge in [0.2, 0.25) is 0 Å². The average molecular weight is 265 g/mol. The quantitative estimate of drug-likeness (QED) is 0.901. The van der Waals surface area contributed by atoms with Crippen molar-refractivity contribution in [2.45, 2.75) is 13.8 Å². The van der Waals surface area contributed by atoms with Crippen molar-refractivity contribution in [2.75, 3.05) is 0 Å². The summed E-state index contributed by atoms with van der Waals surface area (Å²) in [7, 11) is 0. The van der Waals surface area contributed by atoms with E-state index in [2.05, 4.69) is 9.97 Å². The van der Waals surface area contributed by atoms with E-state index in [1.807, 2.05) is 13.8 Å². The molecule has 0 saturated carbocycles. The molecule has 0 saturated heterocycles. The Morgan fingerprint density at radius 3 is 2.56 bits per heavy atom. The predicted molar refractivity (Wildman–Crippen MR) is 70.8 cm³/mol. The molecular weight excluding hydrogens is 252 g/mol. The minimum atomic E-state index is -1.08. The van der Waals surface area contributed by atoms with Crippen LogP contribution in [0.1, 0.15) is 24.3 Å². The molecule has 0 atom stereocenters. The Morgan fingerprint density at radius 1 is 1.22 bits per heavy atom. The van der Waals surface area contributed by atoms with E-state index in [1.165, 1.54) is 12.4 Å². The molecule has 0 spiro atoms. The fourth-order valence-electron chi connectivity index (χ4n) is 1.28. The molecule has 4 nitrogen and oxygen atoms in total. The molecular formula is C13H13ClN2O2. The topological polar surface area (TPSA) is 63.1 Å². The van der Waals surface area contributed by atoms with Gasteiger partial charge in [0.05, 0.1) is 5.69 Å². The first-order chi connectivity index (χ1) is 8.66. The number of aromatic carboxylic acids is 1. The normalized spacial score (nSPS) is 9.28. The third kappa shape index (κ3) is 3.53. The fourth-order valence-corrected chi connectivity index (χ4v) is 1.47. The van der Waals surface area contributed by atoms with E-state index in [9.17, 15) is 4.79 Å². The van der Waals surface area contributed by atoms with Crippen molar-refractivity contribution >= 4 is 17.6 Å². The zero-order chi connectivity index (χ0) is 13.5. The summed E-state index contributed by atoms with van der Waals surface area (Å²) in [6.45, 7) is 4.00. The van der Waals surface area contributed by atoms with Crippen LogP contribution in [0.25, 0.3) is 11.3 Å². The Morgan fingerprint density at radius 2 is 1.94 bits per heavy atom. The highest BCUT2D eigenvalue weighted by Crippen LogP contribution is 2.20. The summed E-state index contributed by atoms with van der Waals surface area (Å²) in [5.41, 5.74) is 1.26. The van der Waals surface area contributed by atoms with Gasteiger partial charge in [-0.2, -0.15) is 0 Å². The van der Waals surface area contributed by atoms with Crippen LogP contribution >= 0.6 is 11.6 Å². The van der Waals surface area contributed by atoms with Gasteiger partial charge >= 0.3 is 5.97 Å². The average Bonchev–Trinajstić information content (AvgIpc) is 2.41. The van der Waals surface area contributed by atoms with Crippen molar-refractivity contribution in [3.8, 4) is 11.3 Å². The van der Waals surface area contributed by atoms with Gasteiger partial charge in [-0.15, -0.1) is 0 Å². The van der Waals surface area contributed by atoms with Crippen LogP contribution < -0.4 is 0 Å². The molecule has 0 aliphatic heterocycles. The molecule has 0 aliphatic rings. The number of nitrogens with zero attached hydrogens (tertiary/aromatic N) is 2. The van der Waals surface area contributed by atoms with Crippen LogP contribution in [0, 0.1) is 0 Å². The van der Waals surface area contributed by atoms with Gasteiger partial charge in [-0.05, 0) is 18.2 Å². The molecule has 0 radical (unpaired) electrons. The molecule has 94 valence electrons. The molecule has 5 heteroatoms. The summed E-state index contributed by atoms with van der Waals surface area (Å²) in [4.78, 5) is 18.4. The molecule has 2 aromatic rings. The van der Waals surface area contributed by atoms with Crippen LogP contribution in [0.3, 0.4) is 0 Å². The maximum atomic E-state index is 10.7. The number of rotatable bonds is 2. The third-order valence-electron chi connectivity index (χ3n) is 2.01. The number of carbonyl (C=O) groups is 1. The lowest BCUT2D eigenvalue weighted by molar-refractivity contribution is 0.0690. The van der Waals surface area contributed by atoms with Crippen molar-refractivity contribution in [3.63, 3.8) is 0 Å². The lowest BCUT2D eigenvalue weighted by Crippen LogP contribution is -2.01. The molecule has 0 bridgehead atoms. The first-order valence-corrected chi connectivity index (χ1v) is 5.86. The molecule has 0 fully saturated rings. The van der Waals surface area contributed by atoms with Gasteiger partial charge in [0, 0.05) is 10.6 Å². The zero-order valence-corrected chi connectivity index (χ0v) is 10.8. The number of hydrogen-bond donors (Lipinski definition) is 1. The summed E-state index contributed by atoms with van der Waals surface area (Å²) in [6.07, 6.45) is 1.22. The fraction of sp³-hybridized carbons (Fsp3) is 0.154. The monoisotopic (exact) mass is 264 g/mol. The number of aromatic nitrogens is 2. The van der Waals surface area contributed by atoms with Crippen molar-refractivity contribution in [2.24, 2.45) is 0 Å². The summed E-state index contributed by atoms with van der Waals surface area (Å²) in [6, 6.07) is 8.45. The zero-order valence-electron chi connectivity index (χ0n) is 10.1. The van der Waals surface area contributed by atoms with Crippen LogP contribution in [0.5, 0.6) is 0 Å². The first-order valence-electron chi connectivity index (χ1n) is 5.48. The smallest absolute Gasteiger partial charge is 0.354 e. The molecule has 1 aromatic carbocycles. The van der Waals surface area contributed by atoms with Crippen molar-refractivity contribution in [1.82, 2.24) is 9.97 Å². The lowest BCUT2D eigenvalue weighted by atomic mass is 10.1. The summed E-state index contributed by atoms with van der Waals surface area (Å²) >= 11 is 5.84. The van der Waals surface area contributed by atoms with Crippen LogP contribution in [0.4, 0.5) is 0 Å². The molecule has 1 N–H and O–H groups in total. The maximum Gasteiger partial charge on any atom is 0.354 e. The Kier molecular flexibility index (Phi) is 5.27. The van der Waals surface area contributed by atoms with E-state index >= 15 is 0 Å². The van der Waals surface area contributed by atoms with E-state index in [1.54, 1.807) is 24.3 Å². The standard InChI is InChI=1S/C11H7ClN2O2.C2H6/c12-8-3-1-2-7(4-8)9-5-10(11(15)16)14-6-13-9;1-2/h1-6H,(H,15,16);1-2H3. The summed E-state index contributed by atoms with van der Waals surface area (Å²) in [5, 5.41) is 9.37. The van der Waals surface area contributed by atoms with E-state index in [0.717, 1.165) is 5.56 Å². The van der Waals surface area contributed by atoms with Gasteiger partial charge in [0.25, 0.3) is 0 Å². The summed E-state index contributed by atoms with van der Waals surface area (Å²) < 4.78 is 0. The van der Waals surface area contributed by atoms with Gasteiger partial charge in [0.1, 0.15) is 6.33 Å². The molecule has 18 heavy (non-hydrogen) atoms. The second kappa shape index (κ2) is 6.71. The Labute approximate surface area is 110 Å². The van der Waals surface area contributed by atoms with E-state index < -0.39 is 5.97 Å². The van der Waals surface area contributed by atoms with Crippen molar-refractivity contribution in [1.29, 1.82) is 0 Å². The number of halogens is 1. The second-order valence-electron chi connectivity index (χ2n) is 3.10.